The predicted octanol–water partition coefficient (Wildman–Crippen LogP) is 2.27. The lowest BCUT2D eigenvalue weighted by atomic mass is 9.74. The van der Waals surface area contributed by atoms with Crippen LogP contribution >= 0.6 is 0 Å². The molecule has 152 valence electrons. The number of ether oxygens (including phenoxy) is 1. The maximum atomic E-state index is 13.7. The molecule has 1 amide bonds. The van der Waals surface area contributed by atoms with Crippen molar-refractivity contribution < 1.29 is 13.9 Å². The van der Waals surface area contributed by atoms with E-state index in [1.807, 2.05) is 17.7 Å². The lowest BCUT2D eigenvalue weighted by Crippen LogP contribution is -2.59. The second-order valence-electron chi connectivity index (χ2n) is 7.90. The first kappa shape index (κ1) is 19.3. The number of aryl methyl sites for hydroxylation is 1. The monoisotopic (exact) mass is 398 g/mol. The van der Waals surface area contributed by atoms with Gasteiger partial charge in [0.1, 0.15) is 31.2 Å². The van der Waals surface area contributed by atoms with Gasteiger partial charge in [-0.05, 0) is 18.2 Å². The summed E-state index contributed by atoms with van der Waals surface area (Å²) in [6.07, 6.45) is 5.04. The number of nitrogens with zero attached hydrogens (tertiary/aromatic N) is 6. The van der Waals surface area contributed by atoms with Crippen LogP contribution in [-0.4, -0.2) is 48.3 Å². The third-order valence-corrected chi connectivity index (χ3v) is 5.21. The number of carbonyl (C=O) groups excluding carboxylic acids is 1. The predicted molar refractivity (Wildman–Crippen MR) is 102 cm³/mol. The van der Waals surface area contributed by atoms with Gasteiger partial charge in [-0.1, -0.05) is 19.9 Å². The summed E-state index contributed by atoms with van der Waals surface area (Å²) in [4.78, 5) is 19.0. The van der Waals surface area contributed by atoms with Crippen molar-refractivity contribution >= 4 is 5.91 Å². The molecule has 8 nitrogen and oxygen atoms in total. The van der Waals surface area contributed by atoms with E-state index in [2.05, 4.69) is 29.0 Å². The Morgan fingerprint density at radius 2 is 2.21 bits per heavy atom. The smallest absolute Gasteiger partial charge is 0.249 e. The highest BCUT2D eigenvalue weighted by Crippen LogP contribution is 2.48. The molecule has 0 aliphatic carbocycles. The van der Waals surface area contributed by atoms with Crippen molar-refractivity contribution in [2.75, 3.05) is 13.2 Å². The topological polar surface area (TPSA) is 78.1 Å². The molecule has 4 rings (SSSR count). The summed E-state index contributed by atoms with van der Waals surface area (Å²) in [5, 5.41) is 7.73. The molecule has 1 aliphatic rings. The standard InChI is InChI=1S/C20H23FN6O2/c1-20(2)12-27(17(28)11-29-10-16-24-23-13-25(16)3)18(20)19-22-7-8-26(19)15-6-4-5-14(21)9-15/h4-9,13,18H,10-12H2,1-3H3. The number of halogens is 1. The largest absolute Gasteiger partial charge is 0.364 e. The fraction of sp³-hybridized carbons (Fsp3) is 0.400. The van der Waals surface area contributed by atoms with Gasteiger partial charge in [0.25, 0.3) is 0 Å². The maximum Gasteiger partial charge on any atom is 0.249 e. The minimum absolute atomic E-state index is 0.0554. The van der Waals surface area contributed by atoms with Gasteiger partial charge < -0.3 is 18.8 Å². The Hall–Kier alpha value is -3.07. The van der Waals surface area contributed by atoms with Crippen molar-refractivity contribution in [2.45, 2.75) is 26.5 Å². The molecule has 3 heterocycles. The van der Waals surface area contributed by atoms with Crippen LogP contribution in [0.4, 0.5) is 4.39 Å². The highest BCUT2D eigenvalue weighted by atomic mass is 19.1. The second-order valence-corrected chi connectivity index (χ2v) is 7.90. The minimum Gasteiger partial charge on any atom is -0.364 e. The van der Waals surface area contributed by atoms with Gasteiger partial charge in [-0.3, -0.25) is 4.79 Å². The average Bonchev–Trinajstić information content (AvgIpc) is 3.29. The van der Waals surface area contributed by atoms with Crippen LogP contribution in [0, 0.1) is 11.2 Å². The summed E-state index contributed by atoms with van der Waals surface area (Å²) in [7, 11) is 1.82. The summed E-state index contributed by atoms with van der Waals surface area (Å²) >= 11 is 0. The van der Waals surface area contributed by atoms with E-state index < -0.39 is 0 Å². The molecular formula is C20H23FN6O2. The van der Waals surface area contributed by atoms with Crippen LogP contribution in [-0.2, 0) is 23.2 Å². The van der Waals surface area contributed by atoms with Crippen LogP contribution in [0.3, 0.4) is 0 Å². The molecule has 0 bridgehead atoms. The molecule has 0 saturated carbocycles. The number of carbonyl (C=O) groups is 1. The summed E-state index contributed by atoms with van der Waals surface area (Å²) in [5.41, 5.74) is 0.515. The molecule has 29 heavy (non-hydrogen) atoms. The maximum absolute atomic E-state index is 13.7. The number of amides is 1. The van der Waals surface area contributed by atoms with E-state index in [9.17, 15) is 9.18 Å². The zero-order chi connectivity index (χ0) is 20.6. The first-order valence-corrected chi connectivity index (χ1v) is 9.36. The molecule has 1 atom stereocenters. The molecule has 0 spiro atoms. The van der Waals surface area contributed by atoms with Crippen LogP contribution in [0.2, 0.25) is 0 Å². The Kier molecular flexibility index (Phi) is 4.91. The van der Waals surface area contributed by atoms with Gasteiger partial charge >= 0.3 is 0 Å². The molecule has 1 fully saturated rings. The van der Waals surface area contributed by atoms with E-state index in [1.54, 1.807) is 34.3 Å². The van der Waals surface area contributed by atoms with E-state index in [0.717, 1.165) is 0 Å². The van der Waals surface area contributed by atoms with Gasteiger partial charge in [0.05, 0.1) is 6.04 Å². The quantitative estimate of drug-likeness (QED) is 0.637. The fourth-order valence-corrected chi connectivity index (χ4v) is 3.76. The van der Waals surface area contributed by atoms with Gasteiger partial charge in [-0.25, -0.2) is 9.37 Å². The van der Waals surface area contributed by atoms with E-state index in [0.29, 0.717) is 23.9 Å². The zero-order valence-corrected chi connectivity index (χ0v) is 16.6. The van der Waals surface area contributed by atoms with Gasteiger partial charge in [-0.15, -0.1) is 10.2 Å². The second kappa shape index (κ2) is 7.40. The number of rotatable bonds is 6. The SMILES string of the molecule is Cn1cnnc1COCC(=O)N1CC(C)(C)C1c1nccn1-c1cccc(F)c1. The van der Waals surface area contributed by atoms with E-state index >= 15 is 0 Å². The highest BCUT2D eigenvalue weighted by Gasteiger charge is 2.50. The van der Waals surface area contributed by atoms with Crippen molar-refractivity contribution in [1.29, 1.82) is 0 Å². The Balaban J connectivity index is 1.50. The third kappa shape index (κ3) is 3.65. The summed E-state index contributed by atoms with van der Waals surface area (Å²) in [6.45, 7) is 4.93. The summed E-state index contributed by atoms with van der Waals surface area (Å²) in [6, 6.07) is 6.09. The third-order valence-electron chi connectivity index (χ3n) is 5.21. The highest BCUT2D eigenvalue weighted by molar-refractivity contribution is 5.79. The van der Waals surface area contributed by atoms with Crippen LogP contribution in [0.5, 0.6) is 0 Å². The molecule has 0 N–H and O–H groups in total. The molecule has 1 unspecified atom stereocenters. The van der Waals surface area contributed by atoms with E-state index in [1.165, 1.54) is 12.1 Å². The van der Waals surface area contributed by atoms with E-state index in [4.69, 9.17) is 4.74 Å². The van der Waals surface area contributed by atoms with Crippen LogP contribution in [0.25, 0.3) is 5.69 Å². The minimum atomic E-state index is -0.319. The van der Waals surface area contributed by atoms with Crippen LogP contribution < -0.4 is 0 Å². The number of benzene rings is 1. The van der Waals surface area contributed by atoms with Crippen LogP contribution in [0.15, 0.2) is 43.0 Å². The number of imidazole rings is 1. The average molecular weight is 398 g/mol. The Morgan fingerprint density at radius 1 is 1.38 bits per heavy atom. The lowest BCUT2D eigenvalue weighted by molar-refractivity contribution is -0.158. The molecule has 1 aliphatic heterocycles. The number of hydrogen-bond acceptors (Lipinski definition) is 5. The van der Waals surface area contributed by atoms with Crippen molar-refractivity contribution in [1.82, 2.24) is 29.2 Å². The van der Waals surface area contributed by atoms with Gasteiger partial charge in [0, 0.05) is 37.1 Å². The molecule has 9 heteroatoms. The van der Waals surface area contributed by atoms with Crippen LogP contribution in [0.1, 0.15) is 31.5 Å². The first-order chi connectivity index (χ1) is 13.9. The number of likely N-dealkylation sites (tertiary alicyclic amines) is 1. The summed E-state index contributed by atoms with van der Waals surface area (Å²) in [5.74, 6) is 0.916. The van der Waals surface area contributed by atoms with Gasteiger partial charge in [0.15, 0.2) is 5.82 Å². The molecule has 1 saturated heterocycles. The van der Waals surface area contributed by atoms with Gasteiger partial charge in [0.2, 0.25) is 5.91 Å². The van der Waals surface area contributed by atoms with Crippen molar-refractivity contribution in [3.8, 4) is 5.69 Å². The lowest BCUT2D eigenvalue weighted by Gasteiger charge is -2.53. The van der Waals surface area contributed by atoms with E-state index in [-0.39, 0.29) is 36.4 Å². The molecular weight excluding hydrogens is 375 g/mol. The molecule has 0 radical (unpaired) electrons. The fourth-order valence-electron chi connectivity index (χ4n) is 3.76. The normalized spacial score (nSPS) is 17.9. The first-order valence-electron chi connectivity index (χ1n) is 9.36. The number of aromatic nitrogens is 5. The van der Waals surface area contributed by atoms with Crippen molar-refractivity contribution in [3.05, 3.63) is 60.5 Å². The Morgan fingerprint density at radius 3 is 2.90 bits per heavy atom. The van der Waals surface area contributed by atoms with Gasteiger partial charge in [-0.2, -0.15) is 0 Å². The summed E-state index contributed by atoms with van der Waals surface area (Å²) < 4.78 is 22.8. The Bertz CT molecular complexity index is 1030. The Labute approximate surface area is 167 Å². The molecule has 2 aromatic heterocycles. The van der Waals surface area contributed by atoms with Crippen molar-refractivity contribution in [3.63, 3.8) is 0 Å². The molecule has 3 aromatic rings. The zero-order valence-electron chi connectivity index (χ0n) is 16.6. The molecule has 1 aromatic carbocycles. The van der Waals surface area contributed by atoms with Crippen molar-refractivity contribution in [2.24, 2.45) is 12.5 Å². The number of hydrogen-bond donors (Lipinski definition) is 0.